The molecule has 1 amide bonds. The van der Waals surface area contributed by atoms with Gasteiger partial charge in [0, 0.05) is 11.8 Å². The van der Waals surface area contributed by atoms with Gasteiger partial charge in [0.25, 0.3) is 5.91 Å². The van der Waals surface area contributed by atoms with Crippen molar-refractivity contribution in [3.8, 4) is 0 Å². The Kier molecular flexibility index (Phi) is 6.94. The number of esters is 1. The van der Waals surface area contributed by atoms with Crippen molar-refractivity contribution in [1.29, 1.82) is 0 Å². The van der Waals surface area contributed by atoms with E-state index >= 15 is 0 Å². The van der Waals surface area contributed by atoms with E-state index in [9.17, 15) is 9.59 Å². The summed E-state index contributed by atoms with van der Waals surface area (Å²) in [5.74, 6) is -0.442. The van der Waals surface area contributed by atoms with Crippen LogP contribution in [0, 0.1) is 13.8 Å². The monoisotopic (exact) mass is 365 g/mol. The van der Waals surface area contributed by atoms with E-state index in [0.717, 1.165) is 22.4 Å². The Morgan fingerprint density at radius 2 is 1.67 bits per heavy atom. The summed E-state index contributed by atoms with van der Waals surface area (Å²) in [6.45, 7) is 9.69. The first-order valence-electron chi connectivity index (χ1n) is 9.13. The van der Waals surface area contributed by atoms with Crippen LogP contribution >= 0.6 is 0 Å². The molecule has 142 valence electrons. The fourth-order valence-corrected chi connectivity index (χ4v) is 2.53. The molecule has 0 aromatic heterocycles. The Morgan fingerprint density at radius 1 is 1.00 bits per heavy atom. The number of benzene rings is 2. The lowest BCUT2D eigenvalue weighted by Crippen LogP contribution is -2.29. The second kappa shape index (κ2) is 9.17. The van der Waals surface area contributed by atoms with Gasteiger partial charge in [-0.05, 0) is 61.1 Å². The molecule has 0 fully saturated rings. The molecule has 2 aromatic carbocycles. The Hall–Kier alpha value is -2.88. The molecule has 2 aromatic rings. The van der Waals surface area contributed by atoms with Gasteiger partial charge in [-0.25, -0.2) is 4.79 Å². The van der Waals surface area contributed by atoms with Gasteiger partial charge in [0.2, 0.25) is 0 Å². The number of hydrogen-bond donors (Lipinski definition) is 1. The Labute approximate surface area is 161 Å². The van der Waals surface area contributed by atoms with Crippen LogP contribution in [0.2, 0.25) is 0 Å². The van der Waals surface area contributed by atoms with E-state index in [1.54, 1.807) is 13.0 Å². The van der Waals surface area contributed by atoms with E-state index in [-0.39, 0.29) is 5.91 Å². The van der Waals surface area contributed by atoms with Crippen LogP contribution in [-0.4, -0.2) is 18.0 Å². The molecule has 0 aliphatic carbocycles. The molecule has 27 heavy (non-hydrogen) atoms. The fourth-order valence-electron chi connectivity index (χ4n) is 2.53. The predicted molar refractivity (Wildman–Crippen MR) is 110 cm³/mol. The normalized spacial score (nSPS) is 12.2. The van der Waals surface area contributed by atoms with Crippen LogP contribution in [0.1, 0.15) is 48.9 Å². The minimum Gasteiger partial charge on any atom is -0.449 e. The lowest BCUT2D eigenvalue weighted by molar-refractivity contribution is -0.148. The maximum atomic E-state index is 12.3. The molecule has 0 unspecified atom stereocenters. The van der Waals surface area contributed by atoms with Gasteiger partial charge >= 0.3 is 5.97 Å². The van der Waals surface area contributed by atoms with E-state index < -0.39 is 12.1 Å². The van der Waals surface area contributed by atoms with Crippen LogP contribution in [0.25, 0.3) is 6.08 Å². The third-order valence-corrected chi connectivity index (χ3v) is 4.33. The van der Waals surface area contributed by atoms with E-state index in [1.807, 2.05) is 56.3 Å². The number of amides is 1. The van der Waals surface area contributed by atoms with Gasteiger partial charge in [-0.2, -0.15) is 0 Å². The van der Waals surface area contributed by atoms with Crippen LogP contribution in [0.3, 0.4) is 0 Å². The van der Waals surface area contributed by atoms with Crippen LogP contribution < -0.4 is 5.32 Å². The number of carbonyl (C=O) groups excluding carboxylic acids is 2. The Morgan fingerprint density at radius 3 is 2.30 bits per heavy atom. The van der Waals surface area contributed by atoms with Gasteiger partial charge in [0.05, 0.1) is 0 Å². The maximum absolute atomic E-state index is 12.3. The zero-order chi connectivity index (χ0) is 20.0. The van der Waals surface area contributed by atoms with Crippen molar-refractivity contribution in [3.63, 3.8) is 0 Å². The van der Waals surface area contributed by atoms with Crippen molar-refractivity contribution in [1.82, 2.24) is 0 Å². The summed E-state index contributed by atoms with van der Waals surface area (Å²) in [4.78, 5) is 24.3. The number of aryl methyl sites for hydroxylation is 2. The highest BCUT2D eigenvalue weighted by molar-refractivity contribution is 5.97. The van der Waals surface area contributed by atoms with Crippen LogP contribution in [0.15, 0.2) is 48.5 Å². The first-order chi connectivity index (χ1) is 12.8. The topological polar surface area (TPSA) is 55.4 Å². The smallest absolute Gasteiger partial charge is 0.331 e. The quantitative estimate of drug-likeness (QED) is 0.578. The van der Waals surface area contributed by atoms with Gasteiger partial charge in [-0.3, -0.25) is 4.79 Å². The number of anilines is 1. The van der Waals surface area contributed by atoms with Crippen molar-refractivity contribution >= 4 is 23.6 Å². The average molecular weight is 365 g/mol. The first kappa shape index (κ1) is 20.4. The summed E-state index contributed by atoms with van der Waals surface area (Å²) < 4.78 is 5.20. The summed E-state index contributed by atoms with van der Waals surface area (Å²) in [7, 11) is 0. The number of nitrogens with one attached hydrogen (secondary N) is 1. The first-order valence-corrected chi connectivity index (χ1v) is 9.13. The molecule has 0 saturated carbocycles. The lowest BCUT2D eigenvalue weighted by Gasteiger charge is -2.14. The molecule has 4 heteroatoms. The molecule has 4 nitrogen and oxygen atoms in total. The third kappa shape index (κ3) is 6.10. The van der Waals surface area contributed by atoms with Crippen LogP contribution in [0.5, 0.6) is 0 Å². The van der Waals surface area contributed by atoms with Crippen molar-refractivity contribution < 1.29 is 14.3 Å². The minimum absolute atomic E-state index is 0.355. The molecule has 1 N–H and O–H groups in total. The highest BCUT2D eigenvalue weighted by Gasteiger charge is 2.17. The maximum Gasteiger partial charge on any atom is 0.331 e. The van der Waals surface area contributed by atoms with E-state index in [2.05, 4.69) is 19.2 Å². The van der Waals surface area contributed by atoms with E-state index in [0.29, 0.717) is 5.92 Å². The summed E-state index contributed by atoms with van der Waals surface area (Å²) >= 11 is 0. The van der Waals surface area contributed by atoms with E-state index in [4.69, 9.17) is 4.74 Å². The molecule has 1 atom stereocenters. The van der Waals surface area contributed by atoms with Gasteiger partial charge < -0.3 is 10.1 Å². The summed E-state index contributed by atoms with van der Waals surface area (Å²) in [5.41, 5.74) is 4.88. The van der Waals surface area contributed by atoms with Crippen molar-refractivity contribution in [3.05, 3.63) is 70.8 Å². The number of hydrogen-bond acceptors (Lipinski definition) is 3. The predicted octanol–water partition coefficient (Wildman–Crippen LogP) is 5.01. The third-order valence-electron chi connectivity index (χ3n) is 4.33. The second-order valence-electron chi connectivity index (χ2n) is 7.04. The van der Waals surface area contributed by atoms with Gasteiger partial charge in [0.15, 0.2) is 6.10 Å². The zero-order valence-electron chi connectivity index (χ0n) is 16.6. The van der Waals surface area contributed by atoms with Gasteiger partial charge in [0.1, 0.15) is 0 Å². The van der Waals surface area contributed by atoms with Gasteiger partial charge in [-0.1, -0.05) is 50.2 Å². The molecule has 0 saturated heterocycles. The lowest BCUT2D eigenvalue weighted by atomic mass is 10.0. The molecule has 0 heterocycles. The van der Waals surface area contributed by atoms with Crippen molar-refractivity contribution in [2.24, 2.45) is 0 Å². The Balaban J connectivity index is 1.92. The SMILES string of the molecule is Cc1ccc(C)c(NC(=O)[C@@H](C)OC(=O)/C=C/c2ccc(C(C)C)cc2)c1. The van der Waals surface area contributed by atoms with Crippen LogP contribution in [-0.2, 0) is 14.3 Å². The molecular weight excluding hydrogens is 338 g/mol. The standard InChI is InChI=1S/C23H27NO3/c1-15(2)20-11-8-19(9-12-20)10-13-22(25)27-18(5)23(26)24-21-14-16(3)6-7-17(21)4/h6-15,18H,1-5H3,(H,24,26)/b13-10+/t18-/m1/s1. The molecule has 0 aliphatic heterocycles. The molecule has 0 bridgehead atoms. The van der Waals surface area contributed by atoms with Crippen molar-refractivity contribution in [2.45, 2.75) is 46.6 Å². The highest BCUT2D eigenvalue weighted by atomic mass is 16.5. The minimum atomic E-state index is -0.884. The molecule has 2 rings (SSSR count). The van der Waals surface area contributed by atoms with Crippen LogP contribution in [0.4, 0.5) is 5.69 Å². The molecule has 0 aliphatic rings. The summed E-state index contributed by atoms with van der Waals surface area (Å²) in [6, 6.07) is 13.8. The summed E-state index contributed by atoms with van der Waals surface area (Å²) in [5, 5.41) is 2.81. The van der Waals surface area contributed by atoms with Gasteiger partial charge in [-0.15, -0.1) is 0 Å². The largest absolute Gasteiger partial charge is 0.449 e. The average Bonchev–Trinajstić information content (AvgIpc) is 2.63. The number of carbonyl (C=O) groups is 2. The summed E-state index contributed by atoms with van der Waals surface area (Å²) in [6.07, 6.45) is 2.14. The Bertz CT molecular complexity index is 835. The van der Waals surface area contributed by atoms with Crippen molar-refractivity contribution in [2.75, 3.05) is 5.32 Å². The zero-order valence-corrected chi connectivity index (χ0v) is 16.6. The van der Waals surface area contributed by atoms with E-state index in [1.165, 1.54) is 11.6 Å². The second-order valence-corrected chi connectivity index (χ2v) is 7.04. The fraction of sp³-hybridized carbons (Fsp3) is 0.304. The molecule has 0 spiro atoms. The molecule has 0 radical (unpaired) electrons. The molecular formula is C23H27NO3. The highest BCUT2D eigenvalue weighted by Crippen LogP contribution is 2.17. The number of ether oxygens (including phenoxy) is 1. The number of rotatable bonds is 6.